The highest BCUT2D eigenvalue weighted by molar-refractivity contribution is 5.79. The molecule has 0 aromatic carbocycles. The highest BCUT2D eigenvalue weighted by Crippen LogP contribution is 2.30. The van der Waals surface area contributed by atoms with E-state index in [0.717, 1.165) is 0 Å². The highest BCUT2D eigenvalue weighted by atomic mass is 19.4. The van der Waals surface area contributed by atoms with Crippen LogP contribution in [0.25, 0.3) is 0 Å². The van der Waals surface area contributed by atoms with Crippen LogP contribution in [0.1, 0.15) is 20.8 Å². The van der Waals surface area contributed by atoms with Crippen molar-refractivity contribution in [2.75, 3.05) is 26.2 Å². The Morgan fingerprint density at radius 3 is 2.06 bits per heavy atom. The van der Waals surface area contributed by atoms with Crippen molar-refractivity contribution >= 4 is 5.97 Å². The Balaban J connectivity index is 4.45. The van der Waals surface area contributed by atoms with Crippen LogP contribution in [0.5, 0.6) is 0 Å². The largest absolute Gasteiger partial charge is 0.480 e. The highest BCUT2D eigenvalue weighted by Gasteiger charge is 2.56. The summed E-state index contributed by atoms with van der Waals surface area (Å²) in [5, 5.41) is 10.7. The number of rotatable bonds is 7. The zero-order valence-corrected chi connectivity index (χ0v) is 10.3. The second-order valence-electron chi connectivity index (χ2n) is 3.88. The Bertz CT molecular complexity index is 254. The predicted octanol–water partition coefficient (Wildman–Crippen LogP) is 1.32. The van der Waals surface area contributed by atoms with E-state index < -0.39 is 17.7 Å². The summed E-state index contributed by atoms with van der Waals surface area (Å²) < 4.78 is 37.8. The molecule has 0 aliphatic carbocycles. The summed E-state index contributed by atoms with van der Waals surface area (Å²) in [5.41, 5.74) is -2.89. The summed E-state index contributed by atoms with van der Waals surface area (Å²) >= 11 is 0. The topological polar surface area (TPSA) is 52.6 Å². The van der Waals surface area contributed by atoms with Gasteiger partial charge in [-0.3, -0.25) is 5.32 Å². The number of hydrogen-bond donors (Lipinski definition) is 2. The number of aliphatic carboxylic acids is 1. The predicted molar refractivity (Wildman–Crippen MR) is 57.9 cm³/mol. The molecule has 2 N–H and O–H groups in total. The van der Waals surface area contributed by atoms with Gasteiger partial charge >= 0.3 is 12.1 Å². The first kappa shape index (κ1) is 16.2. The van der Waals surface area contributed by atoms with Gasteiger partial charge in [0, 0.05) is 13.1 Å². The molecule has 0 amide bonds. The van der Waals surface area contributed by atoms with Gasteiger partial charge in [0.05, 0.1) is 0 Å². The van der Waals surface area contributed by atoms with Gasteiger partial charge in [0.15, 0.2) is 0 Å². The van der Waals surface area contributed by atoms with Crippen LogP contribution < -0.4 is 5.32 Å². The fourth-order valence-corrected chi connectivity index (χ4v) is 1.30. The molecule has 0 aliphatic heterocycles. The van der Waals surface area contributed by atoms with Crippen LogP contribution in [-0.2, 0) is 4.79 Å². The van der Waals surface area contributed by atoms with Gasteiger partial charge in [0.1, 0.15) is 0 Å². The molecule has 0 fully saturated rings. The van der Waals surface area contributed by atoms with Crippen LogP contribution in [0.3, 0.4) is 0 Å². The maximum absolute atomic E-state index is 12.6. The van der Waals surface area contributed by atoms with Gasteiger partial charge in [-0.1, -0.05) is 13.8 Å². The molecule has 0 saturated heterocycles. The SMILES string of the molecule is CCN(CC)CCNC(C)(C(=O)O)C(F)(F)F. The van der Waals surface area contributed by atoms with Crippen molar-refractivity contribution in [3.63, 3.8) is 0 Å². The molecule has 0 heterocycles. The average molecular weight is 256 g/mol. The average Bonchev–Trinajstić information content (AvgIpc) is 2.22. The van der Waals surface area contributed by atoms with Gasteiger partial charge < -0.3 is 10.0 Å². The van der Waals surface area contributed by atoms with Crippen molar-refractivity contribution in [1.29, 1.82) is 0 Å². The quantitative estimate of drug-likeness (QED) is 0.721. The molecule has 1 atom stereocenters. The molecule has 7 heteroatoms. The van der Waals surface area contributed by atoms with Gasteiger partial charge in [-0.25, -0.2) is 4.79 Å². The van der Waals surface area contributed by atoms with Crippen molar-refractivity contribution in [1.82, 2.24) is 10.2 Å². The van der Waals surface area contributed by atoms with Crippen LogP contribution in [0.15, 0.2) is 0 Å². The first-order valence-corrected chi connectivity index (χ1v) is 5.46. The summed E-state index contributed by atoms with van der Waals surface area (Å²) in [6.45, 7) is 6.21. The van der Waals surface area contributed by atoms with E-state index >= 15 is 0 Å². The lowest BCUT2D eigenvalue weighted by Crippen LogP contribution is -2.61. The third-order valence-electron chi connectivity index (χ3n) is 2.80. The lowest BCUT2D eigenvalue weighted by Gasteiger charge is -2.30. The Kier molecular flexibility index (Phi) is 5.91. The number of alkyl halides is 3. The minimum atomic E-state index is -4.82. The normalized spacial score (nSPS) is 15.9. The van der Waals surface area contributed by atoms with Gasteiger partial charge in [0.25, 0.3) is 0 Å². The first-order chi connectivity index (χ1) is 7.69. The third kappa shape index (κ3) is 4.16. The van der Waals surface area contributed by atoms with Crippen LogP contribution in [0, 0.1) is 0 Å². The second kappa shape index (κ2) is 6.20. The number of hydrogen-bond acceptors (Lipinski definition) is 3. The summed E-state index contributed by atoms with van der Waals surface area (Å²) in [6, 6.07) is 0. The number of nitrogens with zero attached hydrogens (tertiary/aromatic N) is 1. The van der Waals surface area contributed by atoms with Crippen molar-refractivity contribution in [2.45, 2.75) is 32.5 Å². The molecule has 0 aliphatic rings. The molecule has 0 rings (SSSR count). The standard InChI is InChI=1S/C10H19F3N2O2/c1-4-15(5-2)7-6-14-9(3,8(16)17)10(11,12)13/h14H,4-7H2,1-3H3,(H,16,17). The Labute approximate surface area is 98.8 Å². The van der Waals surface area contributed by atoms with E-state index in [1.165, 1.54) is 0 Å². The van der Waals surface area contributed by atoms with E-state index in [9.17, 15) is 18.0 Å². The second-order valence-corrected chi connectivity index (χ2v) is 3.88. The minimum absolute atomic E-state index is 0.0238. The molecule has 0 radical (unpaired) electrons. The molecule has 0 aromatic rings. The molecule has 4 nitrogen and oxygen atoms in total. The Hall–Kier alpha value is -0.820. The van der Waals surface area contributed by atoms with Gasteiger partial charge in [0.2, 0.25) is 5.54 Å². The fourth-order valence-electron chi connectivity index (χ4n) is 1.30. The molecule has 0 saturated carbocycles. The third-order valence-corrected chi connectivity index (χ3v) is 2.80. The van der Waals surface area contributed by atoms with Crippen LogP contribution in [-0.4, -0.2) is 53.9 Å². The van der Waals surface area contributed by atoms with Gasteiger partial charge in [-0.2, -0.15) is 13.2 Å². The van der Waals surface area contributed by atoms with Gasteiger partial charge in [-0.05, 0) is 20.0 Å². The smallest absolute Gasteiger partial charge is 0.417 e. The van der Waals surface area contributed by atoms with Crippen molar-refractivity contribution in [3.05, 3.63) is 0 Å². The summed E-state index contributed by atoms with van der Waals surface area (Å²) in [5.74, 6) is -1.91. The molecule has 17 heavy (non-hydrogen) atoms. The van der Waals surface area contributed by atoms with Crippen LogP contribution in [0.4, 0.5) is 13.2 Å². The maximum Gasteiger partial charge on any atom is 0.417 e. The van der Waals surface area contributed by atoms with E-state index in [2.05, 4.69) is 5.32 Å². The molecular weight excluding hydrogens is 237 g/mol. The fraction of sp³-hybridized carbons (Fsp3) is 0.900. The summed E-state index contributed by atoms with van der Waals surface area (Å²) in [4.78, 5) is 12.6. The molecule has 0 aromatic heterocycles. The number of carbonyl (C=O) groups is 1. The van der Waals surface area contributed by atoms with E-state index in [-0.39, 0.29) is 6.54 Å². The Morgan fingerprint density at radius 1 is 1.29 bits per heavy atom. The maximum atomic E-state index is 12.6. The summed E-state index contributed by atoms with van der Waals surface area (Å²) in [7, 11) is 0. The number of likely N-dealkylation sites (N-methyl/N-ethyl adjacent to an activating group) is 1. The lowest BCUT2D eigenvalue weighted by molar-refractivity contribution is -0.205. The molecule has 102 valence electrons. The summed E-state index contributed by atoms with van der Waals surface area (Å²) in [6.07, 6.45) is -4.82. The lowest BCUT2D eigenvalue weighted by atomic mass is 10.0. The van der Waals surface area contributed by atoms with Crippen molar-refractivity contribution in [3.8, 4) is 0 Å². The zero-order chi connectivity index (χ0) is 13.7. The number of nitrogens with one attached hydrogen (secondary N) is 1. The molecule has 1 unspecified atom stereocenters. The number of carboxylic acid groups (broad SMARTS) is 1. The van der Waals surface area contributed by atoms with E-state index in [1.54, 1.807) is 0 Å². The van der Waals surface area contributed by atoms with Crippen molar-refractivity contribution in [2.24, 2.45) is 0 Å². The molecule has 0 spiro atoms. The number of halogens is 3. The molecular formula is C10H19F3N2O2. The Morgan fingerprint density at radius 2 is 1.76 bits per heavy atom. The van der Waals surface area contributed by atoms with Crippen molar-refractivity contribution < 1.29 is 23.1 Å². The van der Waals surface area contributed by atoms with Crippen LogP contribution >= 0.6 is 0 Å². The first-order valence-electron chi connectivity index (χ1n) is 5.46. The van der Waals surface area contributed by atoms with Gasteiger partial charge in [-0.15, -0.1) is 0 Å². The van der Waals surface area contributed by atoms with E-state index in [1.807, 2.05) is 18.7 Å². The zero-order valence-electron chi connectivity index (χ0n) is 10.3. The number of carboxylic acids is 1. The van der Waals surface area contributed by atoms with Crippen LogP contribution in [0.2, 0.25) is 0 Å². The minimum Gasteiger partial charge on any atom is -0.480 e. The molecule has 0 bridgehead atoms. The van der Waals surface area contributed by atoms with E-state index in [4.69, 9.17) is 5.11 Å². The van der Waals surface area contributed by atoms with E-state index in [0.29, 0.717) is 26.6 Å². The monoisotopic (exact) mass is 256 g/mol.